The van der Waals surface area contributed by atoms with Crippen LogP contribution in [0, 0.1) is 16.0 Å². The van der Waals surface area contributed by atoms with E-state index in [0.717, 1.165) is 18.6 Å². The zero-order valence-corrected chi connectivity index (χ0v) is 11.8. The van der Waals surface area contributed by atoms with Gasteiger partial charge in [0.2, 0.25) is 0 Å². The predicted molar refractivity (Wildman–Crippen MR) is 75.9 cm³/mol. The molecule has 0 N–H and O–H groups in total. The van der Waals surface area contributed by atoms with Crippen LogP contribution in [0.4, 0.5) is 5.69 Å². The first-order valence-electron chi connectivity index (χ1n) is 5.72. The summed E-state index contributed by atoms with van der Waals surface area (Å²) in [5, 5.41) is 10.7. The molecule has 1 aromatic carbocycles. The van der Waals surface area contributed by atoms with Crippen molar-refractivity contribution in [3.63, 3.8) is 0 Å². The summed E-state index contributed by atoms with van der Waals surface area (Å²) in [7, 11) is 0. The molecule has 0 saturated carbocycles. The Kier molecular flexibility index (Phi) is 6.29. The maximum absolute atomic E-state index is 10.6. The minimum Gasteiger partial charge on any atom is -0.494 e. The second kappa shape index (κ2) is 7.48. The van der Waals surface area contributed by atoms with Crippen molar-refractivity contribution in [2.45, 2.75) is 19.8 Å². The van der Waals surface area contributed by atoms with Gasteiger partial charge in [-0.2, -0.15) is 12.6 Å². The molecule has 1 rings (SSSR count). The molecule has 0 aliphatic heterocycles. The minimum atomic E-state index is -0.513. The molecule has 0 aliphatic rings. The lowest BCUT2D eigenvalue weighted by Gasteiger charge is -2.11. The van der Waals surface area contributed by atoms with E-state index in [1.165, 1.54) is 12.1 Å². The SMILES string of the molecule is CC(CCS)CCOc1ccc([N+](=O)[O-])c(Cl)c1. The van der Waals surface area contributed by atoms with E-state index in [9.17, 15) is 10.1 Å². The number of benzene rings is 1. The largest absolute Gasteiger partial charge is 0.494 e. The highest BCUT2D eigenvalue weighted by Gasteiger charge is 2.12. The summed E-state index contributed by atoms with van der Waals surface area (Å²) in [5.74, 6) is 1.98. The van der Waals surface area contributed by atoms with Crippen molar-refractivity contribution in [3.8, 4) is 5.75 Å². The van der Waals surface area contributed by atoms with Gasteiger partial charge in [-0.1, -0.05) is 18.5 Å². The van der Waals surface area contributed by atoms with Crippen LogP contribution in [0.3, 0.4) is 0 Å². The van der Waals surface area contributed by atoms with Crippen LogP contribution < -0.4 is 4.74 Å². The first kappa shape index (κ1) is 15.1. The van der Waals surface area contributed by atoms with Crippen LogP contribution >= 0.6 is 24.2 Å². The molecule has 0 aromatic heterocycles. The topological polar surface area (TPSA) is 52.4 Å². The van der Waals surface area contributed by atoms with Crippen LogP contribution in [0.1, 0.15) is 19.8 Å². The van der Waals surface area contributed by atoms with Gasteiger partial charge in [-0.15, -0.1) is 0 Å². The van der Waals surface area contributed by atoms with E-state index in [-0.39, 0.29) is 10.7 Å². The second-order valence-corrected chi connectivity index (χ2v) is 4.98. The fourth-order valence-electron chi connectivity index (χ4n) is 1.47. The molecule has 0 amide bonds. The number of rotatable bonds is 7. The Morgan fingerprint density at radius 2 is 2.22 bits per heavy atom. The Balaban J connectivity index is 2.49. The standard InChI is InChI=1S/C12H16ClNO3S/c1-9(5-7-18)4-6-17-10-2-3-12(14(15)16)11(13)8-10/h2-3,8-9,18H,4-7H2,1H3. The minimum absolute atomic E-state index is 0.0981. The first-order chi connectivity index (χ1) is 8.54. The van der Waals surface area contributed by atoms with Gasteiger partial charge in [-0.3, -0.25) is 10.1 Å². The van der Waals surface area contributed by atoms with Crippen LogP contribution in [-0.2, 0) is 0 Å². The Morgan fingerprint density at radius 3 is 2.78 bits per heavy atom. The summed E-state index contributed by atoms with van der Waals surface area (Å²) in [6.07, 6.45) is 1.97. The molecule has 6 heteroatoms. The Hall–Kier alpha value is -0.940. The van der Waals surface area contributed by atoms with E-state index in [1.54, 1.807) is 6.07 Å². The molecular weight excluding hydrogens is 274 g/mol. The Bertz CT molecular complexity index is 414. The number of thiol groups is 1. The number of nitro benzene ring substituents is 1. The van der Waals surface area contributed by atoms with Crippen LogP contribution in [0.2, 0.25) is 5.02 Å². The van der Waals surface area contributed by atoms with Crippen LogP contribution in [0.25, 0.3) is 0 Å². The third-order valence-corrected chi connectivity index (χ3v) is 3.18. The Morgan fingerprint density at radius 1 is 1.50 bits per heavy atom. The van der Waals surface area contributed by atoms with Crippen molar-refractivity contribution in [2.24, 2.45) is 5.92 Å². The smallest absolute Gasteiger partial charge is 0.288 e. The summed E-state index contributed by atoms with van der Waals surface area (Å²) < 4.78 is 5.51. The average Bonchev–Trinajstić information content (AvgIpc) is 2.29. The van der Waals surface area contributed by atoms with Crippen molar-refractivity contribution in [1.29, 1.82) is 0 Å². The summed E-state index contributed by atoms with van der Waals surface area (Å²) in [4.78, 5) is 10.1. The normalized spacial score (nSPS) is 12.2. The molecular formula is C12H16ClNO3S. The molecule has 0 fully saturated rings. The Labute approximate surface area is 117 Å². The molecule has 0 heterocycles. The monoisotopic (exact) mass is 289 g/mol. The highest BCUT2D eigenvalue weighted by atomic mass is 35.5. The lowest BCUT2D eigenvalue weighted by atomic mass is 10.1. The van der Waals surface area contributed by atoms with Gasteiger partial charge >= 0.3 is 0 Å². The number of nitrogens with zero attached hydrogens (tertiary/aromatic N) is 1. The molecule has 1 aromatic rings. The first-order valence-corrected chi connectivity index (χ1v) is 6.73. The fraction of sp³-hybridized carbons (Fsp3) is 0.500. The van der Waals surface area contributed by atoms with E-state index in [0.29, 0.717) is 18.3 Å². The summed E-state index contributed by atoms with van der Waals surface area (Å²) in [5.41, 5.74) is -0.104. The highest BCUT2D eigenvalue weighted by molar-refractivity contribution is 7.80. The van der Waals surface area contributed by atoms with Gasteiger partial charge in [0.25, 0.3) is 5.69 Å². The van der Waals surface area contributed by atoms with Gasteiger partial charge in [-0.05, 0) is 30.6 Å². The molecule has 100 valence electrons. The van der Waals surface area contributed by atoms with Crippen molar-refractivity contribution >= 4 is 29.9 Å². The third-order valence-electron chi connectivity index (χ3n) is 2.62. The van der Waals surface area contributed by atoms with Gasteiger partial charge in [0.05, 0.1) is 11.5 Å². The summed E-state index contributed by atoms with van der Waals surface area (Å²) in [6.45, 7) is 2.71. The van der Waals surface area contributed by atoms with Gasteiger partial charge < -0.3 is 4.74 Å². The molecule has 1 atom stereocenters. The molecule has 4 nitrogen and oxygen atoms in total. The van der Waals surface area contributed by atoms with E-state index in [1.807, 2.05) is 0 Å². The van der Waals surface area contributed by atoms with Crippen LogP contribution in [-0.4, -0.2) is 17.3 Å². The van der Waals surface area contributed by atoms with Gasteiger partial charge in [-0.25, -0.2) is 0 Å². The van der Waals surface area contributed by atoms with Gasteiger partial charge in [0.1, 0.15) is 10.8 Å². The lowest BCUT2D eigenvalue weighted by molar-refractivity contribution is -0.384. The second-order valence-electron chi connectivity index (χ2n) is 4.12. The molecule has 0 saturated heterocycles. The quantitative estimate of drug-likeness (QED) is 0.469. The van der Waals surface area contributed by atoms with Gasteiger partial charge in [0, 0.05) is 12.1 Å². The number of ether oxygens (including phenoxy) is 1. The molecule has 0 spiro atoms. The number of nitro groups is 1. The van der Waals surface area contributed by atoms with E-state index < -0.39 is 4.92 Å². The van der Waals surface area contributed by atoms with Crippen molar-refractivity contribution in [1.82, 2.24) is 0 Å². The van der Waals surface area contributed by atoms with Crippen molar-refractivity contribution in [2.75, 3.05) is 12.4 Å². The van der Waals surface area contributed by atoms with Crippen molar-refractivity contribution in [3.05, 3.63) is 33.3 Å². The number of hydrogen-bond acceptors (Lipinski definition) is 4. The zero-order valence-electron chi connectivity index (χ0n) is 10.1. The molecule has 0 radical (unpaired) electrons. The highest BCUT2D eigenvalue weighted by Crippen LogP contribution is 2.28. The number of hydrogen-bond donors (Lipinski definition) is 1. The summed E-state index contributed by atoms with van der Waals surface area (Å²) in [6, 6.07) is 4.39. The number of halogens is 1. The van der Waals surface area contributed by atoms with E-state index in [4.69, 9.17) is 16.3 Å². The molecule has 0 aliphatic carbocycles. The van der Waals surface area contributed by atoms with E-state index >= 15 is 0 Å². The maximum Gasteiger partial charge on any atom is 0.288 e. The molecule has 0 bridgehead atoms. The zero-order chi connectivity index (χ0) is 13.5. The molecule has 18 heavy (non-hydrogen) atoms. The van der Waals surface area contributed by atoms with Crippen LogP contribution in [0.15, 0.2) is 18.2 Å². The van der Waals surface area contributed by atoms with Crippen molar-refractivity contribution < 1.29 is 9.66 Å². The third kappa shape index (κ3) is 4.74. The summed E-state index contributed by atoms with van der Waals surface area (Å²) >= 11 is 9.96. The van der Waals surface area contributed by atoms with Gasteiger partial charge in [0.15, 0.2) is 0 Å². The van der Waals surface area contributed by atoms with E-state index in [2.05, 4.69) is 19.6 Å². The molecule has 1 unspecified atom stereocenters. The van der Waals surface area contributed by atoms with Crippen LogP contribution in [0.5, 0.6) is 5.75 Å². The predicted octanol–water partition coefficient (Wildman–Crippen LogP) is 3.97. The average molecular weight is 290 g/mol. The lowest BCUT2D eigenvalue weighted by Crippen LogP contribution is -2.04. The fourth-order valence-corrected chi connectivity index (χ4v) is 2.15. The maximum atomic E-state index is 10.6.